The number of aromatic amines is 1. The molecule has 4 rings (SSSR count). The smallest absolute Gasteiger partial charge is 0.187 e. The number of methoxy groups -OCH3 is 1. The van der Waals surface area contributed by atoms with E-state index in [0.717, 1.165) is 39.4 Å². The van der Waals surface area contributed by atoms with Gasteiger partial charge in [0.25, 0.3) is 0 Å². The first-order chi connectivity index (χ1) is 12.6. The van der Waals surface area contributed by atoms with Crippen molar-refractivity contribution in [2.45, 2.75) is 20.8 Å². The molecule has 1 aromatic carbocycles. The Morgan fingerprint density at radius 2 is 1.92 bits per heavy atom. The molecule has 0 radical (unpaired) electrons. The third-order valence-corrected chi connectivity index (χ3v) is 4.18. The quantitative estimate of drug-likeness (QED) is 0.589. The molecule has 0 atom stereocenters. The second kappa shape index (κ2) is 6.18. The van der Waals surface area contributed by atoms with Gasteiger partial charge in [0.1, 0.15) is 17.1 Å². The monoisotopic (exact) mass is 350 g/mol. The molecule has 4 aromatic rings. The van der Waals surface area contributed by atoms with E-state index in [0.29, 0.717) is 17.2 Å². The van der Waals surface area contributed by atoms with Gasteiger partial charge in [0, 0.05) is 17.8 Å². The molecule has 3 heterocycles. The zero-order valence-electron chi connectivity index (χ0n) is 15.0. The van der Waals surface area contributed by atoms with Gasteiger partial charge in [-0.1, -0.05) is 5.16 Å². The van der Waals surface area contributed by atoms with Crippen LogP contribution in [0.25, 0.3) is 22.2 Å². The van der Waals surface area contributed by atoms with Crippen LogP contribution in [0.15, 0.2) is 35.1 Å². The van der Waals surface area contributed by atoms with Gasteiger partial charge in [0.2, 0.25) is 0 Å². The van der Waals surface area contributed by atoms with Crippen LogP contribution in [0.5, 0.6) is 17.2 Å². The topological polar surface area (TPSA) is 86.1 Å². The van der Waals surface area contributed by atoms with Gasteiger partial charge < -0.3 is 19.0 Å². The minimum absolute atomic E-state index is 0.521. The van der Waals surface area contributed by atoms with Crippen LogP contribution in [0, 0.1) is 20.8 Å². The van der Waals surface area contributed by atoms with E-state index in [9.17, 15) is 0 Å². The zero-order chi connectivity index (χ0) is 18.3. The summed E-state index contributed by atoms with van der Waals surface area (Å²) in [5.74, 6) is 3.28. The summed E-state index contributed by atoms with van der Waals surface area (Å²) in [4.78, 5) is 11.9. The first-order valence-electron chi connectivity index (χ1n) is 8.16. The lowest BCUT2D eigenvalue weighted by Gasteiger charge is -2.11. The Balaban J connectivity index is 1.90. The lowest BCUT2D eigenvalue weighted by Crippen LogP contribution is -1.93. The van der Waals surface area contributed by atoms with Crippen LogP contribution in [-0.2, 0) is 0 Å². The number of aromatic nitrogens is 4. The maximum atomic E-state index is 6.12. The molecule has 0 spiro atoms. The number of nitrogens with zero attached hydrogens (tertiary/aromatic N) is 3. The van der Waals surface area contributed by atoms with Crippen LogP contribution in [0.4, 0.5) is 0 Å². The Kier molecular flexibility index (Phi) is 3.84. The normalized spacial score (nSPS) is 11.1. The Bertz CT molecular complexity index is 1080. The van der Waals surface area contributed by atoms with E-state index in [4.69, 9.17) is 14.0 Å². The molecule has 0 saturated heterocycles. The Morgan fingerprint density at radius 3 is 2.65 bits per heavy atom. The van der Waals surface area contributed by atoms with Crippen molar-refractivity contribution in [1.29, 1.82) is 0 Å². The van der Waals surface area contributed by atoms with Crippen molar-refractivity contribution >= 4 is 11.0 Å². The highest BCUT2D eigenvalue weighted by atomic mass is 16.5. The highest BCUT2D eigenvalue weighted by molar-refractivity contribution is 5.88. The summed E-state index contributed by atoms with van der Waals surface area (Å²) >= 11 is 0. The Hall–Kier alpha value is -3.35. The summed E-state index contributed by atoms with van der Waals surface area (Å²) in [6.45, 7) is 5.71. The molecule has 0 aliphatic carbocycles. The van der Waals surface area contributed by atoms with Crippen molar-refractivity contribution in [3.05, 3.63) is 47.9 Å². The van der Waals surface area contributed by atoms with Crippen LogP contribution in [0.2, 0.25) is 0 Å². The average molecular weight is 350 g/mol. The van der Waals surface area contributed by atoms with E-state index in [-0.39, 0.29) is 0 Å². The van der Waals surface area contributed by atoms with Crippen LogP contribution in [0.1, 0.15) is 17.3 Å². The lowest BCUT2D eigenvalue weighted by atomic mass is 10.0. The molecule has 7 nitrogen and oxygen atoms in total. The van der Waals surface area contributed by atoms with Crippen molar-refractivity contribution in [2.24, 2.45) is 0 Å². The van der Waals surface area contributed by atoms with Gasteiger partial charge >= 0.3 is 0 Å². The van der Waals surface area contributed by atoms with Crippen molar-refractivity contribution in [3.8, 4) is 28.4 Å². The predicted octanol–water partition coefficient (Wildman–Crippen LogP) is 4.34. The van der Waals surface area contributed by atoms with E-state index in [2.05, 4.69) is 20.1 Å². The molecule has 0 aliphatic rings. The third-order valence-electron chi connectivity index (χ3n) is 4.18. The molecule has 1 N–H and O–H groups in total. The van der Waals surface area contributed by atoms with Gasteiger partial charge in [-0.25, -0.2) is 4.98 Å². The fourth-order valence-electron chi connectivity index (χ4n) is 3.06. The summed E-state index contributed by atoms with van der Waals surface area (Å²) in [5.41, 5.74) is 4.32. The first-order valence-corrected chi connectivity index (χ1v) is 8.16. The van der Waals surface area contributed by atoms with Crippen molar-refractivity contribution < 1.29 is 14.0 Å². The summed E-state index contributed by atoms with van der Waals surface area (Å²) < 4.78 is 16.8. The number of nitrogens with one attached hydrogen (secondary N) is 1. The number of aryl methyl sites for hydroxylation is 3. The minimum atomic E-state index is 0.521. The van der Waals surface area contributed by atoms with E-state index < -0.39 is 0 Å². The summed E-state index contributed by atoms with van der Waals surface area (Å²) in [7, 11) is 1.59. The maximum Gasteiger partial charge on any atom is 0.187 e. The molecule has 7 heteroatoms. The second-order valence-electron chi connectivity index (χ2n) is 6.02. The first kappa shape index (κ1) is 16.1. The van der Waals surface area contributed by atoms with Crippen molar-refractivity contribution in [2.75, 3.05) is 7.11 Å². The fraction of sp³-hybridized carbons (Fsp3) is 0.211. The molecule has 0 unspecified atom stereocenters. The molecule has 0 aliphatic heterocycles. The molecule has 132 valence electrons. The number of pyridine rings is 1. The average Bonchev–Trinajstić information content (AvgIpc) is 3.16. The molecule has 0 bridgehead atoms. The van der Waals surface area contributed by atoms with Gasteiger partial charge in [-0.3, -0.25) is 4.98 Å². The van der Waals surface area contributed by atoms with Crippen LogP contribution in [0.3, 0.4) is 0 Å². The highest BCUT2D eigenvalue weighted by Crippen LogP contribution is 2.38. The summed E-state index contributed by atoms with van der Waals surface area (Å²) in [6, 6.07) is 5.71. The molecule has 26 heavy (non-hydrogen) atoms. The number of rotatable bonds is 4. The molecule has 3 aromatic heterocycles. The molecular weight excluding hydrogens is 332 g/mol. The lowest BCUT2D eigenvalue weighted by molar-refractivity contribution is 0.378. The zero-order valence-corrected chi connectivity index (χ0v) is 15.0. The van der Waals surface area contributed by atoms with E-state index in [1.165, 1.54) is 0 Å². The molecule has 0 fully saturated rings. The van der Waals surface area contributed by atoms with Crippen LogP contribution < -0.4 is 9.47 Å². The third kappa shape index (κ3) is 2.67. The van der Waals surface area contributed by atoms with Crippen molar-refractivity contribution in [1.82, 2.24) is 20.1 Å². The van der Waals surface area contributed by atoms with E-state index in [1.54, 1.807) is 25.6 Å². The highest BCUT2D eigenvalue weighted by Gasteiger charge is 2.18. The Labute approximate surface area is 150 Å². The largest absolute Gasteiger partial charge is 0.493 e. The minimum Gasteiger partial charge on any atom is -0.493 e. The summed E-state index contributed by atoms with van der Waals surface area (Å²) in [6.07, 6.45) is 3.27. The maximum absolute atomic E-state index is 6.12. The summed E-state index contributed by atoms with van der Waals surface area (Å²) in [5, 5.41) is 4.05. The van der Waals surface area contributed by atoms with Gasteiger partial charge in [-0.2, -0.15) is 0 Å². The number of H-pyrrole nitrogens is 1. The molecule has 0 amide bonds. The SMILES string of the molecule is COc1ccncc1Oc1cc(-c2c(C)noc2C)cc2[nH]c(C)nc12. The van der Waals surface area contributed by atoms with E-state index >= 15 is 0 Å². The number of benzene rings is 1. The fourth-order valence-corrected chi connectivity index (χ4v) is 3.06. The van der Waals surface area contributed by atoms with E-state index in [1.807, 2.05) is 32.9 Å². The molecule has 0 saturated carbocycles. The van der Waals surface area contributed by atoms with Crippen molar-refractivity contribution in [3.63, 3.8) is 0 Å². The van der Waals surface area contributed by atoms with Gasteiger partial charge in [0.05, 0.1) is 24.5 Å². The molecular formula is C19H18N4O3. The van der Waals surface area contributed by atoms with Gasteiger partial charge in [-0.15, -0.1) is 0 Å². The number of imidazole rings is 1. The number of hydrogen-bond donors (Lipinski definition) is 1. The van der Waals surface area contributed by atoms with Crippen LogP contribution in [-0.4, -0.2) is 27.2 Å². The number of fused-ring (bicyclic) bond motifs is 1. The predicted molar refractivity (Wildman–Crippen MR) is 96.7 cm³/mol. The van der Waals surface area contributed by atoms with Gasteiger partial charge in [-0.05, 0) is 38.5 Å². The van der Waals surface area contributed by atoms with Gasteiger partial charge in [0.15, 0.2) is 17.2 Å². The number of hydrogen-bond acceptors (Lipinski definition) is 6. The second-order valence-corrected chi connectivity index (χ2v) is 6.02. The van der Waals surface area contributed by atoms with Crippen LogP contribution >= 0.6 is 0 Å². The Morgan fingerprint density at radius 1 is 1.08 bits per heavy atom. The standard InChI is InChI=1S/C19H18N4O3/c1-10-18(11(2)26-23-10)13-7-14-19(22-12(3)21-14)16(8-13)25-17-9-20-6-5-15(17)24-4/h5-9H,1-4H3,(H,21,22). The number of ether oxygens (including phenoxy) is 2.